The fraction of sp³-hybridized carbons (Fsp3) is 0.0476. The van der Waals surface area contributed by atoms with E-state index >= 15 is 0 Å². The zero-order chi connectivity index (χ0) is 19.7. The van der Waals surface area contributed by atoms with Gasteiger partial charge in [-0.15, -0.1) is 0 Å². The van der Waals surface area contributed by atoms with E-state index in [0.29, 0.717) is 11.4 Å². The Morgan fingerprint density at radius 3 is 2.36 bits per heavy atom. The molecule has 0 radical (unpaired) electrons. The summed E-state index contributed by atoms with van der Waals surface area (Å²) in [5, 5.41) is 25.5. The molecular formula is C21H17N3O4. The van der Waals surface area contributed by atoms with Crippen molar-refractivity contribution in [3.63, 3.8) is 0 Å². The molecule has 7 nitrogen and oxygen atoms in total. The van der Waals surface area contributed by atoms with E-state index < -0.39 is 10.9 Å². The van der Waals surface area contributed by atoms with Crippen LogP contribution in [-0.2, 0) is 6.54 Å². The van der Waals surface area contributed by atoms with Gasteiger partial charge in [0, 0.05) is 24.6 Å². The number of hydrogen-bond acceptors (Lipinski definition) is 6. The summed E-state index contributed by atoms with van der Waals surface area (Å²) in [7, 11) is 0. The maximum absolute atomic E-state index is 12.0. The molecule has 3 aromatic carbocycles. The van der Waals surface area contributed by atoms with Gasteiger partial charge in [0.05, 0.1) is 5.69 Å². The molecule has 0 aliphatic heterocycles. The number of phenols is 2. The quantitative estimate of drug-likeness (QED) is 0.305. The van der Waals surface area contributed by atoms with E-state index in [-0.39, 0.29) is 29.4 Å². The Kier molecular flexibility index (Phi) is 4.33. The van der Waals surface area contributed by atoms with Crippen LogP contribution in [0.15, 0.2) is 76.6 Å². The first kappa shape index (κ1) is 17.4. The summed E-state index contributed by atoms with van der Waals surface area (Å²) >= 11 is 0. The molecule has 0 aliphatic carbocycles. The van der Waals surface area contributed by atoms with Gasteiger partial charge < -0.3 is 25.4 Å². The summed E-state index contributed by atoms with van der Waals surface area (Å²) in [4.78, 5) is 24.0. The van der Waals surface area contributed by atoms with Crippen molar-refractivity contribution < 1.29 is 10.2 Å². The zero-order valence-corrected chi connectivity index (χ0v) is 14.7. The third-order valence-corrected chi connectivity index (χ3v) is 4.42. The third kappa shape index (κ3) is 3.21. The number of aromatic nitrogens is 1. The first-order chi connectivity index (χ1) is 13.5. The molecule has 0 atom stereocenters. The predicted molar refractivity (Wildman–Crippen MR) is 108 cm³/mol. The van der Waals surface area contributed by atoms with Gasteiger partial charge in [-0.3, -0.25) is 9.59 Å². The molecule has 0 fully saturated rings. The molecule has 1 aromatic heterocycles. The van der Waals surface area contributed by atoms with Crippen LogP contribution in [0.1, 0.15) is 5.56 Å². The van der Waals surface area contributed by atoms with E-state index in [1.54, 1.807) is 53.4 Å². The van der Waals surface area contributed by atoms with Crippen molar-refractivity contribution in [3.8, 4) is 17.2 Å². The lowest BCUT2D eigenvalue weighted by molar-refractivity contribution is 0.472. The number of nitrogens with zero attached hydrogens (tertiary/aromatic N) is 1. The van der Waals surface area contributed by atoms with Crippen LogP contribution in [0.2, 0.25) is 0 Å². The molecule has 0 unspecified atom stereocenters. The molecule has 140 valence electrons. The number of anilines is 3. The van der Waals surface area contributed by atoms with Crippen LogP contribution < -0.4 is 21.5 Å². The Morgan fingerprint density at radius 2 is 1.61 bits per heavy atom. The van der Waals surface area contributed by atoms with Crippen molar-refractivity contribution in [2.24, 2.45) is 0 Å². The summed E-state index contributed by atoms with van der Waals surface area (Å²) in [6.45, 7) is 0.290. The van der Waals surface area contributed by atoms with E-state index in [9.17, 15) is 19.8 Å². The van der Waals surface area contributed by atoms with E-state index in [0.717, 1.165) is 5.56 Å². The molecule has 7 heteroatoms. The maximum Gasteiger partial charge on any atom is 0.253 e. The van der Waals surface area contributed by atoms with Crippen LogP contribution in [0.4, 0.5) is 17.1 Å². The lowest BCUT2D eigenvalue weighted by Crippen LogP contribution is -2.36. The van der Waals surface area contributed by atoms with Crippen molar-refractivity contribution in [3.05, 3.63) is 93.0 Å². The molecule has 0 saturated heterocycles. The number of nitrogens with one attached hydrogen (secondary N) is 2. The largest absolute Gasteiger partial charge is 0.508 e. The van der Waals surface area contributed by atoms with E-state index in [4.69, 9.17) is 0 Å². The molecule has 4 rings (SSSR count). The summed E-state index contributed by atoms with van der Waals surface area (Å²) in [5.41, 5.74) is 1.06. The second-order valence-electron chi connectivity index (χ2n) is 6.35. The molecule has 0 amide bonds. The minimum Gasteiger partial charge on any atom is -0.508 e. The van der Waals surface area contributed by atoms with Gasteiger partial charge in [0.25, 0.3) is 10.9 Å². The van der Waals surface area contributed by atoms with Gasteiger partial charge in [-0.1, -0.05) is 12.1 Å². The molecular weight excluding hydrogens is 358 g/mol. The SMILES string of the molecule is O=c1c(NCc2cccc(O)c2)c(Nc2ccc(O)c(-n3cccc3)c2)c1=O. The Morgan fingerprint density at radius 1 is 0.857 bits per heavy atom. The first-order valence-electron chi connectivity index (χ1n) is 8.61. The zero-order valence-electron chi connectivity index (χ0n) is 14.7. The van der Waals surface area contributed by atoms with E-state index in [1.807, 2.05) is 12.1 Å². The number of aromatic hydroxyl groups is 2. The summed E-state index contributed by atoms with van der Waals surface area (Å²) < 4.78 is 1.74. The molecule has 4 aromatic rings. The first-order valence-corrected chi connectivity index (χ1v) is 8.61. The van der Waals surface area contributed by atoms with Crippen molar-refractivity contribution in [2.45, 2.75) is 6.54 Å². The fourth-order valence-electron chi connectivity index (χ4n) is 2.98. The molecule has 4 N–H and O–H groups in total. The molecule has 0 aliphatic rings. The highest BCUT2D eigenvalue weighted by Crippen LogP contribution is 2.28. The number of benzene rings is 2. The number of hydrogen-bond donors (Lipinski definition) is 4. The third-order valence-electron chi connectivity index (χ3n) is 4.42. The van der Waals surface area contributed by atoms with Gasteiger partial charge >= 0.3 is 0 Å². The highest BCUT2D eigenvalue weighted by Gasteiger charge is 2.21. The minimum atomic E-state index is -0.603. The Bertz CT molecular complexity index is 1210. The smallest absolute Gasteiger partial charge is 0.253 e. The monoisotopic (exact) mass is 375 g/mol. The van der Waals surface area contributed by atoms with Crippen molar-refractivity contribution in [2.75, 3.05) is 10.6 Å². The van der Waals surface area contributed by atoms with Crippen LogP contribution >= 0.6 is 0 Å². The Hall–Kier alpha value is -4.00. The summed E-state index contributed by atoms with van der Waals surface area (Å²) in [6.07, 6.45) is 3.58. The summed E-state index contributed by atoms with van der Waals surface area (Å²) in [5.74, 6) is 0.221. The van der Waals surface area contributed by atoms with Crippen molar-refractivity contribution in [1.82, 2.24) is 4.57 Å². The second-order valence-corrected chi connectivity index (χ2v) is 6.35. The fourth-order valence-corrected chi connectivity index (χ4v) is 2.98. The van der Waals surface area contributed by atoms with Gasteiger partial charge in [-0.05, 0) is 48.0 Å². The van der Waals surface area contributed by atoms with Crippen molar-refractivity contribution in [1.29, 1.82) is 0 Å². The highest BCUT2D eigenvalue weighted by atomic mass is 16.3. The Balaban J connectivity index is 1.56. The van der Waals surface area contributed by atoms with E-state index in [2.05, 4.69) is 10.6 Å². The average molecular weight is 375 g/mol. The van der Waals surface area contributed by atoms with Gasteiger partial charge in [0.1, 0.15) is 22.9 Å². The maximum atomic E-state index is 12.0. The minimum absolute atomic E-state index is 0.0916. The van der Waals surface area contributed by atoms with Crippen LogP contribution in [0.5, 0.6) is 11.5 Å². The lowest BCUT2D eigenvalue weighted by atomic mass is 10.1. The van der Waals surface area contributed by atoms with Crippen LogP contribution in [-0.4, -0.2) is 14.8 Å². The van der Waals surface area contributed by atoms with Crippen LogP contribution in [0.25, 0.3) is 5.69 Å². The number of rotatable bonds is 6. The molecule has 0 saturated carbocycles. The number of phenolic OH excluding ortho intramolecular Hbond substituents is 2. The van der Waals surface area contributed by atoms with Gasteiger partial charge in [-0.25, -0.2) is 0 Å². The molecule has 0 spiro atoms. The highest BCUT2D eigenvalue weighted by molar-refractivity contribution is 5.79. The van der Waals surface area contributed by atoms with E-state index in [1.165, 1.54) is 6.07 Å². The molecule has 0 bridgehead atoms. The lowest BCUT2D eigenvalue weighted by Gasteiger charge is -2.16. The predicted octanol–water partition coefficient (Wildman–Crippen LogP) is 2.84. The average Bonchev–Trinajstić information content (AvgIpc) is 3.22. The second kappa shape index (κ2) is 6.96. The van der Waals surface area contributed by atoms with Gasteiger partial charge in [0.2, 0.25) is 0 Å². The normalized spacial score (nSPS) is 10.9. The topological polar surface area (TPSA) is 104 Å². The summed E-state index contributed by atoms with van der Waals surface area (Å²) in [6, 6.07) is 15.1. The van der Waals surface area contributed by atoms with Gasteiger partial charge in [-0.2, -0.15) is 0 Å². The Labute approximate surface area is 159 Å². The molecule has 28 heavy (non-hydrogen) atoms. The van der Waals surface area contributed by atoms with Gasteiger partial charge in [0.15, 0.2) is 0 Å². The van der Waals surface area contributed by atoms with Crippen molar-refractivity contribution >= 4 is 17.1 Å². The standard InChI is InChI=1S/C21H17N3O4/c25-15-5-3-4-13(10-15)12-22-18-19(21(28)20(18)27)23-14-6-7-17(26)16(11-14)24-8-1-2-9-24/h1-11,22-23,25-26H,12H2. The molecule has 1 heterocycles. The van der Waals surface area contributed by atoms with Crippen LogP contribution in [0, 0.1) is 0 Å². The van der Waals surface area contributed by atoms with Crippen LogP contribution in [0.3, 0.4) is 0 Å².